The Balaban J connectivity index is 1.81. The lowest BCUT2D eigenvalue weighted by Crippen LogP contribution is -2.33. The molecule has 1 fully saturated rings. The number of halogens is 1. The van der Waals surface area contributed by atoms with Crippen LogP contribution in [0.5, 0.6) is 0 Å². The number of likely N-dealkylation sites (tertiary alicyclic amines) is 1. The molecular weight excluding hydrogens is 203 g/mol. The summed E-state index contributed by atoms with van der Waals surface area (Å²) in [7, 11) is 2.15. The molecule has 1 aromatic carbocycles. The Morgan fingerprint density at radius 3 is 2.69 bits per heavy atom. The molecule has 2 rings (SSSR count). The predicted octanol–water partition coefficient (Wildman–Crippen LogP) is 2.58. The maximum Gasteiger partial charge on any atom is 0.146 e. The number of para-hydroxylation sites is 1. The number of rotatable bonds is 3. The third kappa shape index (κ3) is 2.95. The maximum absolute atomic E-state index is 13.3. The van der Waals surface area contributed by atoms with E-state index in [2.05, 4.69) is 17.3 Å². The Kier molecular flexibility index (Phi) is 3.78. The molecule has 0 unspecified atom stereocenters. The second kappa shape index (κ2) is 5.30. The normalized spacial score (nSPS) is 18.6. The molecule has 0 spiro atoms. The molecule has 1 N–H and O–H groups in total. The molecule has 3 heteroatoms. The molecule has 0 saturated carbocycles. The Labute approximate surface area is 96.5 Å². The van der Waals surface area contributed by atoms with Gasteiger partial charge in [0.05, 0.1) is 5.69 Å². The first-order valence-corrected chi connectivity index (χ1v) is 5.92. The topological polar surface area (TPSA) is 15.3 Å². The standard InChI is InChI=1S/C13H19FN2/c1-16-8-6-11(7-9-16)10-15-13-5-3-2-4-12(13)14/h2-5,11,15H,6-10H2,1H3. The van der Waals surface area contributed by atoms with Gasteiger partial charge in [0.1, 0.15) is 5.82 Å². The van der Waals surface area contributed by atoms with E-state index in [-0.39, 0.29) is 5.82 Å². The molecule has 0 amide bonds. The van der Waals surface area contributed by atoms with Crippen molar-refractivity contribution in [3.63, 3.8) is 0 Å². The highest BCUT2D eigenvalue weighted by Gasteiger charge is 2.16. The molecule has 88 valence electrons. The van der Waals surface area contributed by atoms with Crippen molar-refractivity contribution < 1.29 is 4.39 Å². The van der Waals surface area contributed by atoms with E-state index in [1.807, 2.05) is 6.07 Å². The van der Waals surface area contributed by atoms with Crippen LogP contribution >= 0.6 is 0 Å². The van der Waals surface area contributed by atoms with E-state index in [0.717, 1.165) is 19.6 Å². The van der Waals surface area contributed by atoms with Crippen molar-refractivity contribution in [2.24, 2.45) is 5.92 Å². The van der Waals surface area contributed by atoms with Crippen molar-refractivity contribution in [3.05, 3.63) is 30.1 Å². The van der Waals surface area contributed by atoms with Gasteiger partial charge in [0.2, 0.25) is 0 Å². The number of hydrogen-bond donors (Lipinski definition) is 1. The summed E-state index contributed by atoms with van der Waals surface area (Å²) in [6, 6.07) is 6.87. The van der Waals surface area contributed by atoms with Gasteiger partial charge < -0.3 is 10.2 Å². The molecule has 16 heavy (non-hydrogen) atoms. The lowest BCUT2D eigenvalue weighted by molar-refractivity contribution is 0.226. The van der Waals surface area contributed by atoms with Gasteiger partial charge in [-0.2, -0.15) is 0 Å². The van der Waals surface area contributed by atoms with Crippen molar-refractivity contribution in [3.8, 4) is 0 Å². The molecule has 1 aliphatic heterocycles. The summed E-state index contributed by atoms with van der Waals surface area (Å²) >= 11 is 0. The van der Waals surface area contributed by atoms with E-state index in [1.165, 1.54) is 18.9 Å². The summed E-state index contributed by atoms with van der Waals surface area (Å²) in [5, 5.41) is 3.20. The molecular formula is C13H19FN2. The average Bonchev–Trinajstić information content (AvgIpc) is 2.30. The monoisotopic (exact) mass is 222 g/mol. The molecule has 0 atom stereocenters. The van der Waals surface area contributed by atoms with Crippen LogP contribution in [0, 0.1) is 11.7 Å². The summed E-state index contributed by atoms with van der Waals surface area (Å²) in [6.45, 7) is 3.20. The van der Waals surface area contributed by atoms with Gasteiger partial charge in [0.15, 0.2) is 0 Å². The van der Waals surface area contributed by atoms with E-state index in [1.54, 1.807) is 12.1 Å². The minimum Gasteiger partial charge on any atom is -0.382 e. The third-order valence-corrected chi connectivity index (χ3v) is 3.29. The molecule has 1 heterocycles. The fraction of sp³-hybridized carbons (Fsp3) is 0.538. The molecule has 0 bridgehead atoms. The van der Waals surface area contributed by atoms with E-state index < -0.39 is 0 Å². The number of anilines is 1. The summed E-state index contributed by atoms with van der Waals surface area (Å²) in [6.07, 6.45) is 2.41. The smallest absolute Gasteiger partial charge is 0.146 e. The van der Waals surface area contributed by atoms with Gasteiger partial charge in [-0.3, -0.25) is 0 Å². The van der Waals surface area contributed by atoms with E-state index >= 15 is 0 Å². The zero-order valence-electron chi connectivity index (χ0n) is 9.75. The Morgan fingerprint density at radius 1 is 1.31 bits per heavy atom. The number of nitrogens with one attached hydrogen (secondary N) is 1. The van der Waals surface area contributed by atoms with Gasteiger partial charge in [-0.05, 0) is 51.0 Å². The number of nitrogens with zero attached hydrogens (tertiary/aromatic N) is 1. The van der Waals surface area contributed by atoms with Gasteiger partial charge in [0.25, 0.3) is 0 Å². The van der Waals surface area contributed by atoms with Gasteiger partial charge >= 0.3 is 0 Å². The first-order chi connectivity index (χ1) is 7.75. The Morgan fingerprint density at radius 2 is 2.00 bits per heavy atom. The molecule has 1 saturated heterocycles. The second-order valence-electron chi connectivity index (χ2n) is 4.61. The van der Waals surface area contributed by atoms with Crippen LogP contribution in [0.3, 0.4) is 0 Å². The minimum atomic E-state index is -0.157. The molecule has 2 nitrogen and oxygen atoms in total. The fourth-order valence-corrected chi connectivity index (χ4v) is 2.13. The SMILES string of the molecule is CN1CCC(CNc2ccccc2F)CC1. The molecule has 0 aromatic heterocycles. The summed E-state index contributed by atoms with van der Waals surface area (Å²) < 4.78 is 13.3. The van der Waals surface area contributed by atoms with Crippen LogP contribution in [0.15, 0.2) is 24.3 Å². The van der Waals surface area contributed by atoms with Crippen molar-refractivity contribution in [2.75, 3.05) is 32.0 Å². The number of benzene rings is 1. The lowest BCUT2D eigenvalue weighted by Gasteiger charge is -2.29. The van der Waals surface area contributed by atoms with Gasteiger partial charge in [-0.25, -0.2) is 4.39 Å². The molecule has 1 aliphatic rings. The maximum atomic E-state index is 13.3. The van der Waals surface area contributed by atoms with E-state index in [4.69, 9.17) is 0 Å². The number of piperidine rings is 1. The predicted molar refractivity (Wildman–Crippen MR) is 65.1 cm³/mol. The van der Waals surface area contributed by atoms with Crippen LogP contribution in [0.25, 0.3) is 0 Å². The third-order valence-electron chi connectivity index (χ3n) is 3.29. The minimum absolute atomic E-state index is 0.157. The quantitative estimate of drug-likeness (QED) is 0.845. The summed E-state index contributed by atoms with van der Waals surface area (Å²) in [5.74, 6) is 0.520. The summed E-state index contributed by atoms with van der Waals surface area (Å²) in [4.78, 5) is 2.35. The van der Waals surface area contributed by atoms with Gasteiger partial charge in [-0.15, -0.1) is 0 Å². The van der Waals surface area contributed by atoms with Gasteiger partial charge in [-0.1, -0.05) is 12.1 Å². The van der Waals surface area contributed by atoms with Crippen molar-refractivity contribution in [1.29, 1.82) is 0 Å². The highest BCUT2D eigenvalue weighted by Crippen LogP contribution is 2.18. The Bertz CT molecular complexity index is 332. The van der Waals surface area contributed by atoms with E-state index in [9.17, 15) is 4.39 Å². The zero-order valence-corrected chi connectivity index (χ0v) is 9.75. The fourth-order valence-electron chi connectivity index (χ4n) is 2.13. The zero-order chi connectivity index (χ0) is 11.4. The first-order valence-electron chi connectivity index (χ1n) is 5.92. The van der Waals surface area contributed by atoms with Crippen LogP contribution in [-0.4, -0.2) is 31.6 Å². The summed E-state index contributed by atoms with van der Waals surface area (Å²) in [5.41, 5.74) is 0.626. The lowest BCUT2D eigenvalue weighted by atomic mass is 9.97. The first kappa shape index (κ1) is 11.4. The van der Waals surface area contributed by atoms with Crippen LogP contribution in [0.1, 0.15) is 12.8 Å². The molecule has 0 radical (unpaired) electrons. The second-order valence-corrected chi connectivity index (χ2v) is 4.61. The highest BCUT2D eigenvalue weighted by atomic mass is 19.1. The molecule has 1 aromatic rings. The Hall–Kier alpha value is -1.09. The highest BCUT2D eigenvalue weighted by molar-refractivity contribution is 5.44. The van der Waals surface area contributed by atoms with Crippen molar-refractivity contribution in [1.82, 2.24) is 4.90 Å². The van der Waals surface area contributed by atoms with Crippen molar-refractivity contribution >= 4 is 5.69 Å². The van der Waals surface area contributed by atoms with Crippen LogP contribution in [0.2, 0.25) is 0 Å². The van der Waals surface area contributed by atoms with E-state index in [0.29, 0.717) is 11.6 Å². The van der Waals surface area contributed by atoms with Crippen LogP contribution < -0.4 is 5.32 Å². The largest absolute Gasteiger partial charge is 0.382 e. The van der Waals surface area contributed by atoms with Gasteiger partial charge in [0, 0.05) is 6.54 Å². The molecule has 0 aliphatic carbocycles. The van der Waals surface area contributed by atoms with Crippen LogP contribution in [0.4, 0.5) is 10.1 Å². The van der Waals surface area contributed by atoms with Crippen LogP contribution in [-0.2, 0) is 0 Å². The number of hydrogen-bond acceptors (Lipinski definition) is 2. The average molecular weight is 222 g/mol. The van der Waals surface area contributed by atoms with Crippen molar-refractivity contribution in [2.45, 2.75) is 12.8 Å².